The molecule has 0 saturated carbocycles. The van der Waals surface area contributed by atoms with E-state index in [2.05, 4.69) is 0 Å². The topological polar surface area (TPSA) is 37.6 Å². The molecule has 0 bridgehead atoms. The number of methoxy groups -OCH3 is 1. The van der Waals surface area contributed by atoms with Crippen molar-refractivity contribution in [3.63, 3.8) is 0 Å². The van der Waals surface area contributed by atoms with E-state index < -0.39 is 0 Å². The smallest absolute Gasteiger partial charge is 0.343 e. The number of hydrogen-bond acceptors (Lipinski definition) is 2. The molecule has 0 aliphatic heterocycles. The Kier molecular flexibility index (Phi) is 4.23. The molecule has 0 aromatic rings. The molecule has 0 heterocycles. The van der Waals surface area contributed by atoms with Crippen molar-refractivity contribution in [3.05, 3.63) is 35.5 Å². The van der Waals surface area contributed by atoms with Crippen LogP contribution in [0.5, 0.6) is 0 Å². The lowest BCUT2D eigenvalue weighted by atomic mass is 9.94. The fourth-order valence-electron chi connectivity index (χ4n) is 1.46. The number of hydrogen-bond donors (Lipinski definition) is 0. The Morgan fingerprint density at radius 1 is 1.31 bits per heavy atom. The first-order valence-corrected chi connectivity index (χ1v) is 5.15. The van der Waals surface area contributed by atoms with Gasteiger partial charge < -0.3 is 4.74 Å². The summed E-state index contributed by atoms with van der Waals surface area (Å²) in [6.45, 7) is 3.77. The van der Waals surface area contributed by atoms with Gasteiger partial charge in [-0.25, -0.2) is 0 Å². The zero-order chi connectivity index (χ0) is 12.1. The maximum atomic E-state index is 11.4. The third kappa shape index (κ3) is 2.69. The van der Waals surface area contributed by atoms with Gasteiger partial charge in [0.15, 0.2) is 0 Å². The Hall–Kier alpha value is -1.64. The van der Waals surface area contributed by atoms with E-state index in [1.165, 1.54) is 7.11 Å². The summed E-state index contributed by atoms with van der Waals surface area (Å²) < 4.78 is 9.79. The van der Waals surface area contributed by atoms with Crippen LogP contribution in [0.4, 0.5) is 0 Å². The molecule has 0 fully saturated rings. The summed E-state index contributed by atoms with van der Waals surface area (Å²) in [6, 6.07) is 0. The highest BCUT2D eigenvalue weighted by atomic mass is 16.5. The Morgan fingerprint density at radius 2 is 1.88 bits per heavy atom. The number of ketones is 1. The van der Waals surface area contributed by atoms with Gasteiger partial charge >= 0.3 is 11.8 Å². The van der Waals surface area contributed by atoms with Crippen LogP contribution in [0.25, 0.3) is 0 Å². The summed E-state index contributed by atoms with van der Waals surface area (Å²) in [5, 5.41) is 0. The van der Waals surface area contributed by atoms with E-state index in [4.69, 9.17) is 9.16 Å². The lowest BCUT2D eigenvalue weighted by molar-refractivity contribution is -0.417. The Bertz CT molecular complexity index is 379. The van der Waals surface area contributed by atoms with Crippen LogP contribution in [0.2, 0.25) is 0 Å². The molecule has 0 aromatic carbocycles. The van der Waals surface area contributed by atoms with Gasteiger partial charge in [-0.3, -0.25) is 9.22 Å². The molecule has 0 radical (unpaired) electrons. The SMILES string of the molecule is COC(=O)[C@H](C)C(C)=C1C=CC(=[O+]C)C=C1. The molecule has 0 unspecified atom stereocenters. The summed E-state index contributed by atoms with van der Waals surface area (Å²) >= 11 is 0. The first-order valence-electron chi connectivity index (χ1n) is 5.15. The van der Waals surface area contributed by atoms with E-state index in [1.807, 2.05) is 38.2 Å². The average Bonchev–Trinajstić information content (AvgIpc) is 2.36. The van der Waals surface area contributed by atoms with Crippen LogP contribution in [-0.4, -0.2) is 26.0 Å². The van der Waals surface area contributed by atoms with Crippen molar-refractivity contribution >= 4 is 11.8 Å². The van der Waals surface area contributed by atoms with E-state index in [1.54, 1.807) is 7.11 Å². The summed E-state index contributed by atoms with van der Waals surface area (Å²) in [6.07, 6.45) is 7.63. The molecule has 1 rings (SSSR count). The summed E-state index contributed by atoms with van der Waals surface area (Å²) in [4.78, 5) is 11.4. The molecule has 1 aliphatic rings. The van der Waals surface area contributed by atoms with Crippen molar-refractivity contribution in [2.75, 3.05) is 14.2 Å². The second-order valence-corrected chi connectivity index (χ2v) is 3.66. The second kappa shape index (κ2) is 5.45. The van der Waals surface area contributed by atoms with Crippen molar-refractivity contribution in [3.8, 4) is 0 Å². The first kappa shape index (κ1) is 12.4. The maximum absolute atomic E-state index is 11.4. The highest BCUT2D eigenvalue weighted by molar-refractivity contribution is 6.01. The predicted octanol–water partition coefficient (Wildman–Crippen LogP) is 1.97. The molecule has 0 aromatic heterocycles. The van der Waals surface area contributed by atoms with Crippen LogP contribution in [0, 0.1) is 5.92 Å². The molecular formula is C13H17O3+. The van der Waals surface area contributed by atoms with Gasteiger partial charge in [-0.15, -0.1) is 0 Å². The monoisotopic (exact) mass is 221 g/mol. The average molecular weight is 221 g/mol. The minimum atomic E-state index is -0.224. The Morgan fingerprint density at radius 3 is 2.31 bits per heavy atom. The molecule has 0 amide bonds. The lowest BCUT2D eigenvalue weighted by Crippen LogP contribution is -2.15. The highest BCUT2D eigenvalue weighted by Gasteiger charge is 2.18. The fraction of sp³-hybridized carbons (Fsp3) is 0.385. The lowest BCUT2D eigenvalue weighted by Gasteiger charge is -2.12. The quantitative estimate of drug-likeness (QED) is 0.528. The molecular weight excluding hydrogens is 204 g/mol. The van der Waals surface area contributed by atoms with Crippen LogP contribution >= 0.6 is 0 Å². The van der Waals surface area contributed by atoms with E-state index in [0.29, 0.717) is 0 Å². The zero-order valence-corrected chi connectivity index (χ0v) is 10.1. The predicted molar refractivity (Wildman–Crippen MR) is 63.1 cm³/mol. The van der Waals surface area contributed by atoms with Gasteiger partial charge in [-0.1, -0.05) is 5.57 Å². The van der Waals surface area contributed by atoms with Crippen LogP contribution in [-0.2, 0) is 14.0 Å². The Balaban J connectivity index is 2.92. The summed E-state index contributed by atoms with van der Waals surface area (Å²) in [5.74, 6) is 0.369. The van der Waals surface area contributed by atoms with E-state index in [-0.39, 0.29) is 11.9 Å². The minimum Gasteiger partial charge on any atom is -0.469 e. The molecule has 86 valence electrons. The standard InChI is InChI=1S/C13H17O3/c1-9(10(2)13(14)16-4)11-5-7-12(15-3)8-6-11/h5-8,10H,1-4H3/q+1/t10-/m1/s1. The van der Waals surface area contributed by atoms with Crippen molar-refractivity contribution in [1.82, 2.24) is 0 Å². The largest absolute Gasteiger partial charge is 0.469 e. The molecule has 0 saturated heterocycles. The number of rotatable bonds is 2. The molecule has 3 heteroatoms. The number of ether oxygens (including phenoxy) is 1. The fourth-order valence-corrected chi connectivity index (χ4v) is 1.46. The van der Waals surface area contributed by atoms with Gasteiger partial charge in [-0.2, -0.15) is 0 Å². The Labute approximate surface area is 95.8 Å². The summed E-state index contributed by atoms with van der Waals surface area (Å²) in [7, 11) is 3.03. The van der Waals surface area contributed by atoms with Crippen molar-refractivity contribution in [1.29, 1.82) is 0 Å². The van der Waals surface area contributed by atoms with E-state index in [0.717, 1.165) is 16.9 Å². The van der Waals surface area contributed by atoms with Gasteiger partial charge in [-0.05, 0) is 31.6 Å². The number of carbonyl (C=O) groups is 1. The van der Waals surface area contributed by atoms with E-state index >= 15 is 0 Å². The van der Waals surface area contributed by atoms with E-state index in [9.17, 15) is 4.79 Å². The number of allylic oxidation sites excluding steroid dienone is 5. The molecule has 0 N–H and O–H groups in total. The summed E-state index contributed by atoms with van der Waals surface area (Å²) in [5.41, 5.74) is 2.02. The van der Waals surface area contributed by atoms with Gasteiger partial charge in [0.05, 0.1) is 13.0 Å². The highest BCUT2D eigenvalue weighted by Crippen LogP contribution is 2.20. The second-order valence-electron chi connectivity index (χ2n) is 3.66. The van der Waals surface area contributed by atoms with Crippen molar-refractivity contribution in [2.24, 2.45) is 5.92 Å². The molecule has 1 atom stereocenters. The van der Waals surface area contributed by atoms with Crippen LogP contribution in [0.15, 0.2) is 35.5 Å². The van der Waals surface area contributed by atoms with Crippen LogP contribution < -0.4 is 0 Å². The maximum Gasteiger partial charge on any atom is 0.343 e. The third-order valence-electron chi connectivity index (χ3n) is 2.75. The van der Waals surface area contributed by atoms with Crippen molar-refractivity contribution in [2.45, 2.75) is 13.8 Å². The number of esters is 1. The normalized spacial score (nSPS) is 16.0. The van der Waals surface area contributed by atoms with Crippen molar-refractivity contribution < 1.29 is 14.0 Å². The third-order valence-corrected chi connectivity index (χ3v) is 2.75. The molecule has 3 nitrogen and oxygen atoms in total. The minimum absolute atomic E-state index is 0.215. The van der Waals surface area contributed by atoms with Gasteiger partial charge in [0.25, 0.3) is 7.11 Å². The van der Waals surface area contributed by atoms with Gasteiger partial charge in [0.1, 0.15) is 0 Å². The molecule has 1 aliphatic carbocycles. The molecule has 16 heavy (non-hydrogen) atoms. The van der Waals surface area contributed by atoms with Gasteiger partial charge in [0.2, 0.25) is 0 Å². The molecule has 0 spiro atoms. The first-order chi connectivity index (χ1) is 7.60. The van der Waals surface area contributed by atoms with Crippen LogP contribution in [0.3, 0.4) is 0 Å². The van der Waals surface area contributed by atoms with Gasteiger partial charge in [0, 0.05) is 12.2 Å². The number of carbonyl (C=O) groups excluding carboxylic acids is 2. The van der Waals surface area contributed by atoms with Crippen LogP contribution in [0.1, 0.15) is 13.8 Å². The zero-order valence-electron chi connectivity index (χ0n) is 10.1.